The van der Waals surface area contributed by atoms with Crippen molar-refractivity contribution < 1.29 is 17.9 Å². The van der Waals surface area contributed by atoms with E-state index in [1.165, 1.54) is 4.31 Å². The Labute approximate surface area is 201 Å². The lowest BCUT2D eigenvalue weighted by Gasteiger charge is -2.39. The number of amides is 1. The summed E-state index contributed by atoms with van der Waals surface area (Å²) in [7, 11) is -2.05. The van der Waals surface area contributed by atoms with Gasteiger partial charge in [0.05, 0.1) is 35.4 Å². The summed E-state index contributed by atoms with van der Waals surface area (Å²) in [5.74, 6) is -0.569. The number of hydrogen-bond acceptors (Lipinski definition) is 8. The number of carbonyl (C=O) groups excluding carboxylic acids is 1. The van der Waals surface area contributed by atoms with Crippen molar-refractivity contribution in [1.29, 1.82) is 5.26 Å². The van der Waals surface area contributed by atoms with Crippen LogP contribution >= 0.6 is 0 Å². The van der Waals surface area contributed by atoms with E-state index in [1.54, 1.807) is 31.3 Å². The molecule has 4 rings (SSSR count). The number of nitrogens with one attached hydrogen (secondary N) is 3. The minimum atomic E-state index is -3.63. The normalized spacial score (nSPS) is 30.5. The maximum absolute atomic E-state index is 12.9. The molecule has 1 aromatic carbocycles. The zero-order chi connectivity index (χ0) is 24.7. The van der Waals surface area contributed by atoms with Crippen LogP contribution in [0.2, 0.25) is 0 Å². The van der Waals surface area contributed by atoms with E-state index in [1.807, 2.05) is 25.8 Å². The van der Waals surface area contributed by atoms with E-state index in [0.29, 0.717) is 31.9 Å². The lowest BCUT2D eigenvalue weighted by Crippen LogP contribution is -2.56. The van der Waals surface area contributed by atoms with Gasteiger partial charge in [0, 0.05) is 37.5 Å². The van der Waals surface area contributed by atoms with Crippen molar-refractivity contribution in [3.05, 3.63) is 24.3 Å². The Morgan fingerprint density at radius 3 is 2.56 bits per heavy atom. The summed E-state index contributed by atoms with van der Waals surface area (Å²) < 4.78 is 32.9. The average Bonchev–Trinajstić information content (AvgIpc) is 3.17. The first kappa shape index (κ1) is 24.9. The number of sulfonamides is 1. The molecule has 0 aliphatic carbocycles. The van der Waals surface area contributed by atoms with Crippen LogP contribution in [-0.4, -0.2) is 74.2 Å². The summed E-state index contributed by atoms with van der Waals surface area (Å²) in [5, 5.41) is 18.0. The second kappa shape index (κ2) is 9.43. The lowest BCUT2D eigenvalue weighted by atomic mass is 9.88. The monoisotopic (exact) mass is 490 g/mol. The highest BCUT2D eigenvalue weighted by atomic mass is 32.2. The number of rotatable bonds is 5. The number of carbonyl (C=O) groups is 1. The van der Waals surface area contributed by atoms with E-state index in [-0.39, 0.29) is 34.7 Å². The number of ether oxygens (including phenoxy) is 1. The largest absolute Gasteiger partial charge is 0.380 e. The summed E-state index contributed by atoms with van der Waals surface area (Å²) in [5.41, 5.74) is 3.59. The molecule has 3 saturated heterocycles. The molecule has 34 heavy (non-hydrogen) atoms. The smallest absolute Gasteiger partial charge is 0.243 e. The average molecular weight is 491 g/mol. The Balaban J connectivity index is 1.54. The van der Waals surface area contributed by atoms with Gasteiger partial charge >= 0.3 is 0 Å². The molecule has 3 unspecified atom stereocenters. The third kappa shape index (κ3) is 4.65. The number of fused-ring (bicyclic) bond motifs is 1. The summed E-state index contributed by atoms with van der Waals surface area (Å²) in [6, 6.07) is 8.78. The van der Waals surface area contributed by atoms with Crippen LogP contribution in [0.1, 0.15) is 33.6 Å². The lowest BCUT2D eigenvalue weighted by molar-refractivity contribution is -0.128. The maximum atomic E-state index is 12.9. The number of hydrazine groups is 1. The number of nitriles is 1. The Morgan fingerprint density at radius 2 is 1.91 bits per heavy atom. The number of piperidine rings is 1. The fourth-order valence-corrected chi connectivity index (χ4v) is 6.39. The highest BCUT2D eigenvalue weighted by molar-refractivity contribution is 7.89. The zero-order valence-electron chi connectivity index (χ0n) is 20.1. The van der Waals surface area contributed by atoms with E-state index >= 15 is 0 Å². The highest BCUT2D eigenvalue weighted by Gasteiger charge is 2.51. The van der Waals surface area contributed by atoms with E-state index in [0.717, 1.165) is 6.42 Å². The molecule has 3 fully saturated rings. The van der Waals surface area contributed by atoms with Gasteiger partial charge in [0.15, 0.2) is 0 Å². The van der Waals surface area contributed by atoms with Crippen LogP contribution in [0, 0.1) is 23.2 Å². The van der Waals surface area contributed by atoms with Crippen LogP contribution < -0.4 is 16.1 Å². The van der Waals surface area contributed by atoms with Gasteiger partial charge in [-0.15, -0.1) is 0 Å². The van der Waals surface area contributed by atoms with E-state index in [9.17, 15) is 18.5 Å². The van der Waals surface area contributed by atoms with Crippen molar-refractivity contribution in [2.45, 2.75) is 62.3 Å². The first-order chi connectivity index (χ1) is 16.0. The fourth-order valence-electron chi connectivity index (χ4n) is 4.87. The van der Waals surface area contributed by atoms with E-state index in [4.69, 9.17) is 4.74 Å². The quantitative estimate of drug-likeness (QED) is 0.560. The summed E-state index contributed by atoms with van der Waals surface area (Å²) >= 11 is 0. The minimum Gasteiger partial charge on any atom is -0.380 e. The van der Waals surface area contributed by atoms with Crippen molar-refractivity contribution in [2.24, 2.45) is 11.8 Å². The van der Waals surface area contributed by atoms with Gasteiger partial charge in [-0.2, -0.15) is 9.57 Å². The van der Waals surface area contributed by atoms with Crippen molar-refractivity contribution in [1.82, 2.24) is 20.1 Å². The summed E-state index contributed by atoms with van der Waals surface area (Å²) in [4.78, 5) is 13.0. The van der Waals surface area contributed by atoms with Gasteiger partial charge in [-0.25, -0.2) is 18.9 Å². The van der Waals surface area contributed by atoms with Gasteiger partial charge in [-0.05, 0) is 57.9 Å². The topological polar surface area (TPSA) is 127 Å². The van der Waals surface area contributed by atoms with Crippen molar-refractivity contribution >= 4 is 21.6 Å². The molecule has 1 amide bonds. The molecular formula is C23H34N6O4S. The van der Waals surface area contributed by atoms with Crippen LogP contribution in [0.25, 0.3) is 0 Å². The van der Waals surface area contributed by atoms with Crippen LogP contribution in [0.5, 0.6) is 0 Å². The molecule has 11 heteroatoms. The van der Waals surface area contributed by atoms with Gasteiger partial charge in [-0.3, -0.25) is 4.79 Å². The number of nitrogens with zero attached hydrogens (tertiary/aromatic N) is 3. The van der Waals surface area contributed by atoms with Gasteiger partial charge in [-0.1, -0.05) is 0 Å². The first-order valence-corrected chi connectivity index (χ1v) is 13.1. The second-order valence-corrected chi connectivity index (χ2v) is 12.1. The number of anilines is 1. The van der Waals surface area contributed by atoms with Crippen LogP contribution in [0.4, 0.5) is 5.69 Å². The van der Waals surface area contributed by atoms with Gasteiger partial charge in [0.2, 0.25) is 15.9 Å². The third-order valence-corrected chi connectivity index (χ3v) is 9.23. The van der Waals surface area contributed by atoms with E-state index in [2.05, 4.69) is 22.1 Å². The minimum absolute atomic E-state index is 0.0417. The molecule has 0 spiro atoms. The Morgan fingerprint density at radius 1 is 1.21 bits per heavy atom. The third-order valence-electron chi connectivity index (χ3n) is 7.09. The zero-order valence-corrected chi connectivity index (χ0v) is 20.9. The molecular weight excluding hydrogens is 456 g/mol. The Bertz CT molecular complexity index is 1050. The maximum Gasteiger partial charge on any atom is 0.243 e. The molecule has 0 bridgehead atoms. The SMILES string of the molecule is CN(C(C)(C)C)S(=O)(=O)c1ccc(NC2NN([C@H]3COCC[C@@H]3C#N)C3CCNC(=O)C23)cc1. The molecule has 10 nitrogen and oxygen atoms in total. The number of benzene rings is 1. The molecule has 3 aliphatic heterocycles. The molecule has 0 aromatic heterocycles. The van der Waals surface area contributed by atoms with E-state index < -0.39 is 21.7 Å². The van der Waals surface area contributed by atoms with Gasteiger partial charge in [0.25, 0.3) is 0 Å². The Kier molecular flexibility index (Phi) is 6.90. The molecule has 0 saturated carbocycles. The van der Waals surface area contributed by atoms with Crippen molar-refractivity contribution in [3.63, 3.8) is 0 Å². The predicted octanol–water partition coefficient (Wildman–Crippen LogP) is 1.10. The second-order valence-electron chi connectivity index (χ2n) is 10.2. The van der Waals surface area contributed by atoms with Crippen molar-refractivity contribution in [2.75, 3.05) is 32.1 Å². The highest BCUT2D eigenvalue weighted by Crippen LogP contribution is 2.34. The van der Waals surface area contributed by atoms with Gasteiger partial charge in [0.1, 0.15) is 6.17 Å². The molecule has 3 N–H and O–H groups in total. The Hall–Kier alpha value is -2.23. The first-order valence-electron chi connectivity index (χ1n) is 11.7. The molecule has 3 aliphatic rings. The molecule has 0 radical (unpaired) electrons. The molecule has 1 aromatic rings. The molecule has 186 valence electrons. The summed E-state index contributed by atoms with van der Waals surface area (Å²) in [6.07, 6.45) is 1.04. The molecule has 5 atom stereocenters. The molecule has 3 heterocycles. The van der Waals surface area contributed by atoms with Crippen LogP contribution in [0.15, 0.2) is 29.2 Å². The standard InChI is InChI=1S/C23H34N6O4S/c1-23(2,3)28(4)34(31,32)17-7-5-16(6-8-17)26-21-20-18(9-11-25-22(20)30)29(27-21)19-14-33-12-10-15(19)13-24/h5-8,15,18-21,26-27H,9-12,14H2,1-4H3,(H,25,30)/t15-,18?,19+,20?,21?/m1/s1. The van der Waals surface area contributed by atoms with Crippen molar-refractivity contribution in [3.8, 4) is 6.07 Å². The predicted molar refractivity (Wildman–Crippen MR) is 127 cm³/mol. The van der Waals surface area contributed by atoms with Crippen LogP contribution in [0.3, 0.4) is 0 Å². The van der Waals surface area contributed by atoms with Crippen LogP contribution in [-0.2, 0) is 19.6 Å². The summed E-state index contributed by atoms with van der Waals surface area (Å²) in [6.45, 7) is 7.13. The fraction of sp³-hybridized carbons (Fsp3) is 0.652. The van der Waals surface area contributed by atoms with Gasteiger partial charge < -0.3 is 15.4 Å². The number of hydrogen-bond donors (Lipinski definition) is 3.